The van der Waals surface area contributed by atoms with E-state index in [1.54, 1.807) is 10.8 Å². The maximum atomic E-state index is 14.8. The van der Waals surface area contributed by atoms with Gasteiger partial charge in [0.1, 0.15) is 6.07 Å². The zero-order chi connectivity index (χ0) is 19.3. The van der Waals surface area contributed by atoms with E-state index in [-0.39, 0.29) is 11.1 Å². The summed E-state index contributed by atoms with van der Waals surface area (Å²) in [7, 11) is 0. The second-order valence-electron chi connectivity index (χ2n) is 6.08. The molecular weight excluding hydrogens is 375 g/mol. The lowest BCUT2D eigenvalue weighted by molar-refractivity contribution is 0.393. The van der Waals surface area contributed by atoms with Crippen molar-refractivity contribution in [1.29, 1.82) is 5.26 Å². The lowest BCUT2D eigenvalue weighted by atomic mass is 9.84. The molecule has 0 spiro atoms. The van der Waals surface area contributed by atoms with E-state index in [1.807, 2.05) is 6.07 Å². The van der Waals surface area contributed by atoms with Gasteiger partial charge in [-0.05, 0) is 51.9 Å². The molecule has 0 bridgehead atoms. The van der Waals surface area contributed by atoms with Crippen LogP contribution in [0, 0.1) is 28.8 Å². The second-order valence-corrected chi connectivity index (χ2v) is 6.82. The summed E-state index contributed by atoms with van der Waals surface area (Å²) in [6, 6.07) is 6.74. The van der Waals surface area contributed by atoms with Crippen molar-refractivity contribution in [3.8, 4) is 17.6 Å². The number of thiophene rings is 1. The molecule has 1 unspecified atom stereocenters. The topological polar surface area (TPSA) is 64.2 Å². The number of fused-ring (bicyclic) bond motifs is 1. The highest BCUT2D eigenvalue weighted by atomic mass is 32.1. The van der Waals surface area contributed by atoms with Crippen LogP contribution in [0.3, 0.4) is 0 Å². The number of aromatic hydroxyl groups is 2. The molecule has 3 aromatic rings. The van der Waals surface area contributed by atoms with E-state index < -0.39 is 34.9 Å². The Morgan fingerprint density at radius 2 is 1.81 bits per heavy atom. The third kappa shape index (κ3) is 2.57. The molecule has 2 aromatic carbocycles. The predicted molar refractivity (Wildman–Crippen MR) is 94.8 cm³/mol. The zero-order valence-electron chi connectivity index (χ0n) is 13.5. The van der Waals surface area contributed by atoms with E-state index in [1.165, 1.54) is 29.5 Å². The Morgan fingerprint density at radius 3 is 2.52 bits per heavy atom. The summed E-state index contributed by atoms with van der Waals surface area (Å²) < 4.78 is 42.5. The van der Waals surface area contributed by atoms with Crippen molar-refractivity contribution in [2.75, 3.05) is 0 Å². The van der Waals surface area contributed by atoms with Crippen LogP contribution in [0.2, 0.25) is 0 Å². The third-order valence-corrected chi connectivity index (χ3v) is 5.34. The molecule has 0 aliphatic heterocycles. The van der Waals surface area contributed by atoms with Crippen molar-refractivity contribution < 1.29 is 23.4 Å². The molecule has 2 N–H and O–H groups in total. The molecule has 1 atom stereocenters. The summed E-state index contributed by atoms with van der Waals surface area (Å²) in [6.07, 6.45) is 1.50. The molecule has 0 amide bonds. The van der Waals surface area contributed by atoms with Crippen LogP contribution in [0.1, 0.15) is 33.7 Å². The molecule has 0 fully saturated rings. The number of phenolic OH excluding ortho intramolecular Hbond substituents is 2. The van der Waals surface area contributed by atoms with Gasteiger partial charge in [0, 0.05) is 16.9 Å². The Kier molecular flexibility index (Phi) is 3.93. The monoisotopic (exact) mass is 385 g/mol. The Bertz CT molecular complexity index is 1160. The van der Waals surface area contributed by atoms with Crippen LogP contribution in [-0.4, -0.2) is 10.2 Å². The van der Waals surface area contributed by atoms with Crippen LogP contribution >= 0.6 is 11.3 Å². The van der Waals surface area contributed by atoms with E-state index in [0.29, 0.717) is 22.3 Å². The number of phenols is 2. The standard InChI is InChI=1S/C20H10F3NO2S/c21-14-4-9(1-2-16(14)25)12-3-10-5-15(22)20(26)19(23)17(10)18(12)13-8-27-7-11(13)6-24/h1-5,7-8,18,25-26H. The fourth-order valence-electron chi connectivity index (χ4n) is 3.34. The maximum absolute atomic E-state index is 14.8. The first-order chi connectivity index (χ1) is 12.9. The van der Waals surface area contributed by atoms with Gasteiger partial charge in [-0.2, -0.15) is 16.6 Å². The van der Waals surface area contributed by atoms with Gasteiger partial charge in [-0.25, -0.2) is 13.2 Å². The highest BCUT2D eigenvalue weighted by molar-refractivity contribution is 7.08. The first kappa shape index (κ1) is 17.2. The Morgan fingerprint density at radius 1 is 1.04 bits per heavy atom. The number of hydrogen-bond donors (Lipinski definition) is 2. The summed E-state index contributed by atoms with van der Waals surface area (Å²) in [5.41, 5.74) is 1.79. The summed E-state index contributed by atoms with van der Waals surface area (Å²) >= 11 is 1.25. The molecule has 1 heterocycles. The predicted octanol–water partition coefficient (Wildman–Crippen LogP) is 5.13. The van der Waals surface area contributed by atoms with Crippen LogP contribution in [-0.2, 0) is 0 Å². The van der Waals surface area contributed by atoms with Gasteiger partial charge >= 0.3 is 0 Å². The Labute approximate surface area is 155 Å². The largest absolute Gasteiger partial charge is 0.505 e. The number of rotatable bonds is 2. The fourth-order valence-corrected chi connectivity index (χ4v) is 4.14. The van der Waals surface area contributed by atoms with Crippen molar-refractivity contribution >= 4 is 23.0 Å². The van der Waals surface area contributed by atoms with Crippen LogP contribution in [0.15, 0.2) is 35.0 Å². The normalized spacial score (nSPS) is 15.3. The number of nitriles is 1. The maximum Gasteiger partial charge on any atom is 0.188 e. The van der Waals surface area contributed by atoms with Crippen molar-refractivity contribution in [3.63, 3.8) is 0 Å². The second kappa shape index (κ2) is 6.18. The molecule has 134 valence electrons. The van der Waals surface area contributed by atoms with Crippen molar-refractivity contribution in [2.45, 2.75) is 5.92 Å². The fraction of sp³-hybridized carbons (Fsp3) is 0.0500. The van der Waals surface area contributed by atoms with E-state index in [9.17, 15) is 28.6 Å². The first-order valence-corrected chi connectivity index (χ1v) is 8.74. The van der Waals surface area contributed by atoms with Crippen molar-refractivity contribution in [1.82, 2.24) is 0 Å². The van der Waals surface area contributed by atoms with Gasteiger partial charge in [0.15, 0.2) is 29.0 Å². The van der Waals surface area contributed by atoms with Crippen molar-refractivity contribution in [2.24, 2.45) is 0 Å². The molecule has 0 radical (unpaired) electrons. The molecular formula is C20H10F3NO2S. The number of benzene rings is 2. The Hall–Kier alpha value is -3.24. The van der Waals surface area contributed by atoms with Gasteiger partial charge in [0.2, 0.25) is 0 Å². The lowest BCUT2D eigenvalue weighted by Gasteiger charge is -2.18. The molecule has 1 aromatic heterocycles. The van der Waals surface area contributed by atoms with Crippen LogP contribution in [0.25, 0.3) is 11.6 Å². The molecule has 3 nitrogen and oxygen atoms in total. The SMILES string of the molecule is N#Cc1cscc1C1C(c2ccc(O)c(F)c2)=Cc2cc(F)c(O)c(F)c21. The van der Waals surface area contributed by atoms with Crippen LogP contribution < -0.4 is 0 Å². The van der Waals surface area contributed by atoms with Gasteiger partial charge in [-0.1, -0.05) is 6.07 Å². The minimum Gasteiger partial charge on any atom is -0.505 e. The minimum absolute atomic E-state index is 0.0206. The van der Waals surface area contributed by atoms with Gasteiger partial charge in [-0.3, -0.25) is 0 Å². The van der Waals surface area contributed by atoms with Crippen LogP contribution in [0.4, 0.5) is 13.2 Å². The van der Waals surface area contributed by atoms with Crippen molar-refractivity contribution in [3.05, 3.63) is 80.3 Å². The molecule has 0 saturated carbocycles. The molecule has 27 heavy (non-hydrogen) atoms. The highest BCUT2D eigenvalue weighted by Crippen LogP contribution is 2.50. The molecule has 1 aliphatic carbocycles. The van der Waals surface area contributed by atoms with Gasteiger partial charge in [0.25, 0.3) is 0 Å². The average molecular weight is 385 g/mol. The highest BCUT2D eigenvalue weighted by Gasteiger charge is 2.35. The molecule has 1 aliphatic rings. The summed E-state index contributed by atoms with van der Waals surface area (Å²) in [5.74, 6) is -5.53. The molecule has 4 rings (SSSR count). The van der Waals surface area contributed by atoms with Gasteiger partial charge in [-0.15, -0.1) is 0 Å². The Balaban J connectivity index is 2.00. The average Bonchev–Trinajstić information content (AvgIpc) is 3.25. The number of hydrogen-bond acceptors (Lipinski definition) is 4. The smallest absolute Gasteiger partial charge is 0.188 e. The number of allylic oxidation sites excluding steroid dienone is 1. The molecule has 7 heteroatoms. The summed E-state index contributed by atoms with van der Waals surface area (Å²) in [4.78, 5) is 0. The van der Waals surface area contributed by atoms with E-state index in [2.05, 4.69) is 0 Å². The quantitative estimate of drug-likeness (QED) is 0.642. The van der Waals surface area contributed by atoms with E-state index in [0.717, 1.165) is 12.1 Å². The zero-order valence-corrected chi connectivity index (χ0v) is 14.3. The van der Waals surface area contributed by atoms with Gasteiger partial charge in [0.05, 0.1) is 5.56 Å². The number of nitrogens with zero attached hydrogens (tertiary/aromatic N) is 1. The molecule has 0 saturated heterocycles. The van der Waals surface area contributed by atoms with E-state index >= 15 is 0 Å². The van der Waals surface area contributed by atoms with Crippen LogP contribution in [0.5, 0.6) is 11.5 Å². The van der Waals surface area contributed by atoms with Gasteiger partial charge < -0.3 is 10.2 Å². The third-order valence-electron chi connectivity index (χ3n) is 4.58. The summed E-state index contributed by atoms with van der Waals surface area (Å²) in [5, 5.41) is 31.8. The summed E-state index contributed by atoms with van der Waals surface area (Å²) in [6.45, 7) is 0. The first-order valence-electron chi connectivity index (χ1n) is 7.80. The number of halogens is 3. The lowest BCUT2D eigenvalue weighted by Crippen LogP contribution is -2.05. The minimum atomic E-state index is -1.12. The van der Waals surface area contributed by atoms with E-state index in [4.69, 9.17) is 0 Å².